The molecule has 2 amide bonds. The van der Waals surface area contributed by atoms with Crippen LogP contribution in [-0.2, 0) is 0 Å². The van der Waals surface area contributed by atoms with Crippen LogP contribution >= 0.6 is 12.4 Å². The summed E-state index contributed by atoms with van der Waals surface area (Å²) < 4.78 is 6.77. The van der Waals surface area contributed by atoms with Gasteiger partial charge in [-0.25, -0.2) is 9.48 Å². The zero-order chi connectivity index (χ0) is 16.8. The summed E-state index contributed by atoms with van der Waals surface area (Å²) in [5, 5.41) is 20.1. The van der Waals surface area contributed by atoms with E-state index in [4.69, 9.17) is 4.74 Å². The van der Waals surface area contributed by atoms with Crippen molar-refractivity contribution >= 4 is 24.1 Å². The Labute approximate surface area is 151 Å². The Morgan fingerprint density at radius 2 is 2.16 bits per heavy atom. The second-order valence-corrected chi connectivity index (χ2v) is 5.70. The van der Waals surface area contributed by atoms with Crippen molar-refractivity contribution in [3.05, 3.63) is 24.5 Å². The van der Waals surface area contributed by atoms with Crippen molar-refractivity contribution < 1.29 is 9.53 Å². The number of urea groups is 1. The molecule has 136 valence electrons. The zero-order valence-electron chi connectivity index (χ0n) is 13.9. The second-order valence-electron chi connectivity index (χ2n) is 5.70. The Morgan fingerprint density at radius 3 is 2.84 bits per heavy atom. The number of benzene rings is 1. The SMILES string of the molecule is COc1cc(NC(=O)NCC2CCNCC2)cc(-n2cnnn2)c1.Cl. The van der Waals surface area contributed by atoms with Gasteiger partial charge < -0.3 is 20.7 Å². The molecule has 0 bridgehead atoms. The van der Waals surface area contributed by atoms with Crippen LogP contribution in [0.3, 0.4) is 0 Å². The van der Waals surface area contributed by atoms with E-state index in [0.29, 0.717) is 29.6 Å². The van der Waals surface area contributed by atoms with Gasteiger partial charge in [-0.15, -0.1) is 17.5 Å². The molecule has 9 nitrogen and oxygen atoms in total. The number of halogens is 1. The minimum Gasteiger partial charge on any atom is -0.497 e. The smallest absolute Gasteiger partial charge is 0.319 e. The summed E-state index contributed by atoms with van der Waals surface area (Å²) in [6, 6.07) is 5.08. The van der Waals surface area contributed by atoms with E-state index in [2.05, 4.69) is 31.5 Å². The van der Waals surface area contributed by atoms with Crippen molar-refractivity contribution in [2.75, 3.05) is 32.1 Å². The van der Waals surface area contributed by atoms with Crippen LogP contribution in [0.1, 0.15) is 12.8 Å². The lowest BCUT2D eigenvalue weighted by Gasteiger charge is -2.22. The van der Waals surface area contributed by atoms with Crippen molar-refractivity contribution in [1.29, 1.82) is 0 Å². The summed E-state index contributed by atoms with van der Waals surface area (Å²) in [5.74, 6) is 1.13. The molecule has 3 rings (SSSR count). The summed E-state index contributed by atoms with van der Waals surface area (Å²) in [5.41, 5.74) is 1.32. The number of nitrogens with zero attached hydrogens (tertiary/aromatic N) is 4. The third-order valence-electron chi connectivity index (χ3n) is 4.01. The Kier molecular flexibility index (Phi) is 6.96. The highest BCUT2D eigenvalue weighted by Gasteiger charge is 2.14. The molecule has 25 heavy (non-hydrogen) atoms. The number of hydrogen-bond acceptors (Lipinski definition) is 6. The van der Waals surface area contributed by atoms with Crippen LogP contribution in [0.5, 0.6) is 5.75 Å². The number of methoxy groups -OCH3 is 1. The summed E-state index contributed by atoms with van der Waals surface area (Å²) >= 11 is 0. The molecule has 3 N–H and O–H groups in total. The highest BCUT2D eigenvalue weighted by atomic mass is 35.5. The van der Waals surface area contributed by atoms with Crippen LogP contribution < -0.4 is 20.7 Å². The van der Waals surface area contributed by atoms with Gasteiger partial charge in [-0.3, -0.25) is 0 Å². The van der Waals surface area contributed by atoms with Crippen LogP contribution in [0.4, 0.5) is 10.5 Å². The van der Waals surface area contributed by atoms with Crippen LogP contribution in [-0.4, -0.2) is 53.0 Å². The fourth-order valence-corrected chi connectivity index (χ4v) is 2.68. The van der Waals surface area contributed by atoms with Gasteiger partial charge in [0.15, 0.2) is 0 Å². The molecule has 2 heterocycles. The number of anilines is 1. The molecule has 0 unspecified atom stereocenters. The van der Waals surface area contributed by atoms with Gasteiger partial charge >= 0.3 is 6.03 Å². The molecule has 1 saturated heterocycles. The largest absolute Gasteiger partial charge is 0.497 e. The molecule has 1 fully saturated rings. The molecule has 0 saturated carbocycles. The number of carbonyl (C=O) groups excluding carboxylic acids is 1. The summed E-state index contributed by atoms with van der Waals surface area (Å²) in [6.45, 7) is 2.70. The van der Waals surface area contributed by atoms with Gasteiger partial charge in [-0.2, -0.15) is 0 Å². The number of nitrogens with one attached hydrogen (secondary N) is 3. The van der Waals surface area contributed by atoms with Crippen molar-refractivity contribution in [3.63, 3.8) is 0 Å². The maximum atomic E-state index is 12.1. The lowest BCUT2D eigenvalue weighted by molar-refractivity contribution is 0.248. The van der Waals surface area contributed by atoms with Gasteiger partial charge in [0.05, 0.1) is 12.8 Å². The maximum Gasteiger partial charge on any atom is 0.319 e. The standard InChI is InChI=1S/C15H21N7O2.ClH/c1-24-14-7-12(6-13(8-14)22-10-18-20-21-22)19-15(23)17-9-11-2-4-16-5-3-11;/h6-8,10-11,16H,2-5,9H2,1H3,(H2,17,19,23);1H. The number of piperidine rings is 1. The summed E-state index contributed by atoms with van der Waals surface area (Å²) in [4.78, 5) is 12.1. The predicted octanol–water partition coefficient (Wildman–Crippen LogP) is 1.21. The minimum atomic E-state index is -0.232. The van der Waals surface area contributed by atoms with Crippen LogP contribution in [0.25, 0.3) is 5.69 Å². The van der Waals surface area contributed by atoms with Gasteiger partial charge in [0.2, 0.25) is 0 Å². The highest BCUT2D eigenvalue weighted by Crippen LogP contribution is 2.22. The predicted molar refractivity (Wildman–Crippen MR) is 95.6 cm³/mol. The number of rotatable bonds is 5. The number of ether oxygens (including phenoxy) is 1. The van der Waals surface area contributed by atoms with E-state index in [1.807, 2.05) is 0 Å². The normalized spacial score (nSPS) is 14.4. The van der Waals surface area contributed by atoms with Crippen molar-refractivity contribution in [2.45, 2.75) is 12.8 Å². The molecule has 1 aromatic heterocycles. The van der Waals surface area contributed by atoms with Crippen molar-refractivity contribution in [1.82, 2.24) is 30.8 Å². The third-order valence-corrected chi connectivity index (χ3v) is 4.01. The fraction of sp³-hybridized carbons (Fsp3) is 0.467. The Balaban J connectivity index is 0.00000225. The quantitative estimate of drug-likeness (QED) is 0.733. The second kappa shape index (κ2) is 9.19. The van der Waals surface area contributed by atoms with E-state index in [9.17, 15) is 4.79 Å². The van der Waals surface area contributed by atoms with Crippen LogP contribution in [0.15, 0.2) is 24.5 Å². The van der Waals surface area contributed by atoms with Crippen LogP contribution in [0, 0.1) is 5.92 Å². The van der Waals surface area contributed by atoms with Gasteiger partial charge in [0.25, 0.3) is 0 Å². The van der Waals surface area contributed by atoms with E-state index in [1.54, 1.807) is 25.3 Å². The topological polar surface area (TPSA) is 106 Å². The van der Waals surface area contributed by atoms with E-state index in [1.165, 1.54) is 11.0 Å². The first kappa shape index (κ1) is 18.9. The first-order chi connectivity index (χ1) is 11.7. The molecule has 2 aromatic rings. The van der Waals surface area contributed by atoms with Gasteiger partial charge in [-0.1, -0.05) is 0 Å². The lowest BCUT2D eigenvalue weighted by Crippen LogP contribution is -2.37. The summed E-state index contributed by atoms with van der Waals surface area (Å²) in [7, 11) is 1.57. The molecule has 1 aliphatic rings. The molecule has 0 spiro atoms. The number of carbonyl (C=O) groups is 1. The molecule has 0 aliphatic carbocycles. The molecule has 1 aromatic carbocycles. The molecule has 10 heteroatoms. The molecular formula is C15H22ClN7O2. The molecule has 0 radical (unpaired) electrons. The van der Waals surface area contributed by atoms with E-state index in [0.717, 1.165) is 25.9 Å². The van der Waals surface area contributed by atoms with Crippen molar-refractivity contribution in [2.24, 2.45) is 5.92 Å². The highest BCUT2D eigenvalue weighted by molar-refractivity contribution is 5.89. The van der Waals surface area contributed by atoms with E-state index >= 15 is 0 Å². The van der Waals surface area contributed by atoms with Gasteiger partial charge in [-0.05, 0) is 48.3 Å². The number of tetrazole rings is 1. The Morgan fingerprint density at radius 1 is 1.36 bits per heavy atom. The average Bonchev–Trinajstić information content (AvgIpc) is 3.15. The minimum absolute atomic E-state index is 0. The number of aromatic nitrogens is 4. The Bertz CT molecular complexity index is 675. The monoisotopic (exact) mass is 367 g/mol. The van der Waals surface area contributed by atoms with Crippen molar-refractivity contribution in [3.8, 4) is 11.4 Å². The first-order valence-electron chi connectivity index (χ1n) is 7.92. The zero-order valence-corrected chi connectivity index (χ0v) is 14.8. The fourth-order valence-electron chi connectivity index (χ4n) is 2.68. The number of amides is 2. The van der Waals surface area contributed by atoms with E-state index < -0.39 is 0 Å². The molecular weight excluding hydrogens is 346 g/mol. The lowest BCUT2D eigenvalue weighted by atomic mass is 9.98. The molecule has 0 atom stereocenters. The third kappa shape index (κ3) is 5.30. The summed E-state index contributed by atoms with van der Waals surface area (Å²) in [6.07, 6.45) is 3.65. The molecule has 1 aliphatic heterocycles. The van der Waals surface area contributed by atoms with Crippen LogP contribution in [0.2, 0.25) is 0 Å². The van der Waals surface area contributed by atoms with E-state index in [-0.39, 0.29) is 18.4 Å². The first-order valence-corrected chi connectivity index (χ1v) is 7.92. The van der Waals surface area contributed by atoms with Gasteiger partial charge in [0, 0.05) is 24.4 Å². The maximum absolute atomic E-state index is 12.1. The number of hydrogen-bond donors (Lipinski definition) is 3. The van der Waals surface area contributed by atoms with Gasteiger partial charge in [0.1, 0.15) is 12.1 Å². The average molecular weight is 368 g/mol. The Hall–Kier alpha value is -2.39.